The Morgan fingerprint density at radius 3 is 1.95 bits per heavy atom. The summed E-state index contributed by atoms with van der Waals surface area (Å²) < 4.78 is 5.49. The van der Waals surface area contributed by atoms with Crippen molar-refractivity contribution in [2.45, 2.75) is 65.3 Å². The van der Waals surface area contributed by atoms with Crippen LogP contribution < -0.4 is 14.5 Å². The van der Waals surface area contributed by atoms with Gasteiger partial charge < -0.3 is 24.7 Å². The van der Waals surface area contributed by atoms with E-state index in [1.165, 1.54) is 11.1 Å². The maximum atomic E-state index is 14.1. The van der Waals surface area contributed by atoms with Crippen LogP contribution in [0.1, 0.15) is 74.6 Å². The van der Waals surface area contributed by atoms with E-state index in [-0.39, 0.29) is 49.9 Å². The standard InChI is InChI=1S/C30H36N2O2.2C2H6O.2ClH/c1-21(2)23-11-16-26(17-12-23)32(20-22-9-14-25(15-10-22)31(3)4)30(33)28-8-6-7-24-13-18-27(34-5)19-29(24)28;2*1-2-3;;/h9-19,21,28H,6-8,20H2,1-5H3;2*3H,2H2,1H3;2*1H/t28-;;;;/m0..../s1. The van der Waals surface area contributed by atoms with Crippen LogP contribution in [0, 0.1) is 0 Å². The van der Waals surface area contributed by atoms with Gasteiger partial charge in [-0.3, -0.25) is 4.79 Å². The van der Waals surface area contributed by atoms with Crippen molar-refractivity contribution in [1.82, 2.24) is 0 Å². The van der Waals surface area contributed by atoms with Gasteiger partial charge >= 0.3 is 0 Å². The van der Waals surface area contributed by atoms with E-state index in [0.29, 0.717) is 12.5 Å². The largest absolute Gasteiger partial charge is 0.497 e. The van der Waals surface area contributed by atoms with Crippen LogP contribution in [0.15, 0.2) is 66.7 Å². The van der Waals surface area contributed by atoms with Gasteiger partial charge in [-0.15, -0.1) is 24.8 Å². The number of amides is 1. The number of anilines is 2. The first-order valence-electron chi connectivity index (χ1n) is 14.3. The lowest BCUT2D eigenvalue weighted by molar-refractivity contribution is -0.120. The quantitative estimate of drug-likeness (QED) is 0.288. The third kappa shape index (κ3) is 11.1. The van der Waals surface area contributed by atoms with Gasteiger partial charge in [0.15, 0.2) is 0 Å². The van der Waals surface area contributed by atoms with E-state index in [9.17, 15) is 4.79 Å². The summed E-state index contributed by atoms with van der Waals surface area (Å²) in [6, 6.07) is 23.1. The zero-order chi connectivity index (χ0) is 29.7. The molecule has 0 aliphatic heterocycles. The maximum absolute atomic E-state index is 14.1. The average molecular weight is 622 g/mol. The lowest BCUT2D eigenvalue weighted by Crippen LogP contribution is -2.36. The second-order valence-corrected chi connectivity index (χ2v) is 10.4. The van der Waals surface area contributed by atoms with E-state index < -0.39 is 0 Å². The molecule has 0 aromatic heterocycles. The molecule has 0 bridgehead atoms. The summed E-state index contributed by atoms with van der Waals surface area (Å²) in [6.45, 7) is 8.79. The molecule has 0 unspecified atom stereocenters. The number of aliphatic hydroxyl groups is 2. The number of hydrogen-bond acceptors (Lipinski definition) is 5. The maximum Gasteiger partial charge on any atom is 0.234 e. The van der Waals surface area contributed by atoms with Crippen molar-refractivity contribution < 1.29 is 19.7 Å². The molecule has 234 valence electrons. The molecule has 3 aromatic rings. The molecule has 8 heteroatoms. The molecule has 0 spiro atoms. The fourth-order valence-electron chi connectivity index (χ4n) is 4.77. The van der Waals surface area contributed by atoms with E-state index in [1.807, 2.05) is 25.1 Å². The van der Waals surface area contributed by atoms with Crippen molar-refractivity contribution in [3.05, 3.63) is 89.0 Å². The molecule has 0 radical (unpaired) electrons. The van der Waals surface area contributed by atoms with Crippen molar-refractivity contribution in [2.24, 2.45) is 0 Å². The highest BCUT2D eigenvalue weighted by Gasteiger charge is 2.31. The molecule has 42 heavy (non-hydrogen) atoms. The highest BCUT2D eigenvalue weighted by atomic mass is 35.5. The highest BCUT2D eigenvalue weighted by Crippen LogP contribution is 2.37. The molecule has 6 nitrogen and oxygen atoms in total. The lowest BCUT2D eigenvalue weighted by atomic mass is 9.81. The van der Waals surface area contributed by atoms with Crippen LogP contribution in [-0.2, 0) is 17.8 Å². The summed E-state index contributed by atoms with van der Waals surface area (Å²) in [5.74, 6) is 1.26. The highest BCUT2D eigenvalue weighted by molar-refractivity contribution is 5.98. The van der Waals surface area contributed by atoms with E-state index >= 15 is 0 Å². The number of hydrogen-bond donors (Lipinski definition) is 2. The molecule has 0 fully saturated rings. The Balaban J connectivity index is 0.00000194. The zero-order valence-electron chi connectivity index (χ0n) is 26.2. The number of benzene rings is 3. The van der Waals surface area contributed by atoms with Crippen molar-refractivity contribution in [1.29, 1.82) is 0 Å². The third-order valence-corrected chi connectivity index (χ3v) is 6.90. The number of ether oxygens (including phenoxy) is 1. The number of fused-ring (bicyclic) bond motifs is 1. The van der Waals surface area contributed by atoms with Crippen molar-refractivity contribution in [2.75, 3.05) is 44.2 Å². The summed E-state index contributed by atoms with van der Waals surface area (Å²) >= 11 is 0. The minimum absolute atomic E-state index is 0. The van der Waals surface area contributed by atoms with Crippen LogP contribution in [0.3, 0.4) is 0 Å². The number of rotatable bonds is 7. The Bertz CT molecular complexity index is 1170. The van der Waals surface area contributed by atoms with Gasteiger partial charge in [-0.1, -0.05) is 44.2 Å². The SMILES string of the molecule is CCO.CCO.COc1ccc2c(c1)[C@@H](C(=O)N(Cc1ccc(N(C)C)cc1)c1ccc(C(C)C)cc1)CCC2.Cl.Cl. The molecule has 4 rings (SSSR count). The van der Waals surface area contributed by atoms with Gasteiger partial charge in [-0.2, -0.15) is 0 Å². The van der Waals surface area contributed by atoms with Gasteiger partial charge in [-0.05, 0) is 97.7 Å². The fraction of sp³-hybridized carbons (Fsp3) is 0.441. The van der Waals surface area contributed by atoms with E-state index in [1.54, 1.807) is 21.0 Å². The first kappa shape index (κ1) is 39.2. The molecule has 3 aromatic carbocycles. The molecule has 1 aliphatic rings. The number of halogens is 2. The Morgan fingerprint density at radius 2 is 1.45 bits per heavy atom. The number of methoxy groups -OCH3 is 1. The Morgan fingerprint density at radius 1 is 0.905 bits per heavy atom. The van der Waals surface area contributed by atoms with Crippen LogP contribution in [-0.4, -0.2) is 50.5 Å². The van der Waals surface area contributed by atoms with Gasteiger partial charge in [0.05, 0.1) is 19.6 Å². The number of nitrogens with zero attached hydrogens (tertiary/aromatic N) is 2. The minimum Gasteiger partial charge on any atom is -0.497 e. The normalized spacial score (nSPS) is 13.0. The first-order chi connectivity index (χ1) is 19.2. The van der Waals surface area contributed by atoms with Crippen LogP contribution in [0.25, 0.3) is 0 Å². The van der Waals surface area contributed by atoms with E-state index in [4.69, 9.17) is 14.9 Å². The molecular weight excluding hydrogens is 571 g/mol. The van der Waals surface area contributed by atoms with E-state index in [0.717, 1.165) is 47.5 Å². The molecule has 0 heterocycles. The van der Waals surface area contributed by atoms with Crippen molar-refractivity contribution in [3.63, 3.8) is 0 Å². The van der Waals surface area contributed by atoms with E-state index in [2.05, 4.69) is 79.4 Å². The van der Waals surface area contributed by atoms with Gasteiger partial charge in [0, 0.05) is 38.7 Å². The fourth-order valence-corrected chi connectivity index (χ4v) is 4.77. The summed E-state index contributed by atoms with van der Waals surface area (Å²) in [7, 11) is 5.76. The second kappa shape index (κ2) is 20.2. The minimum atomic E-state index is -0.162. The lowest BCUT2D eigenvalue weighted by Gasteiger charge is -2.31. The van der Waals surface area contributed by atoms with Crippen LogP contribution in [0.4, 0.5) is 11.4 Å². The molecule has 1 aliphatic carbocycles. The third-order valence-electron chi connectivity index (χ3n) is 6.90. The van der Waals surface area contributed by atoms with Gasteiger partial charge in [-0.25, -0.2) is 0 Å². The Labute approximate surface area is 265 Å². The summed E-state index contributed by atoms with van der Waals surface area (Å²) in [5.41, 5.74) is 6.86. The molecule has 0 saturated heterocycles. The van der Waals surface area contributed by atoms with Crippen molar-refractivity contribution >= 4 is 42.1 Å². The van der Waals surface area contributed by atoms with Gasteiger partial charge in [0.1, 0.15) is 5.75 Å². The second-order valence-electron chi connectivity index (χ2n) is 10.4. The number of carbonyl (C=O) groups excluding carboxylic acids is 1. The average Bonchev–Trinajstić information content (AvgIpc) is 2.96. The molecular formula is C34H50Cl2N2O4. The Kier molecular flexibility index (Phi) is 18.9. The summed E-state index contributed by atoms with van der Waals surface area (Å²) in [5, 5.41) is 15.1. The Hall–Kier alpha value is -2.77. The predicted octanol–water partition coefficient (Wildman–Crippen LogP) is 7.38. The topological polar surface area (TPSA) is 73.2 Å². The van der Waals surface area contributed by atoms with Crippen LogP contribution >= 0.6 is 24.8 Å². The molecule has 2 N–H and O–H groups in total. The number of aliphatic hydroxyl groups excluding tert-OH is 2. The molecule has 1 atom stereocenters. The first-order valence-corrected chi connectivity index (χ1v) is 14.3. The zero-order valence-corrected chi connectivity index (χ0v) is 27.8. The van der Waals surface area contributed by atoms with Gasteiger partial charge in [0.2, 0.25) is 5.91 Å². The predicted molar refractivity (Wildman–Crippen MR) is 181 cm³/mol. The summed E-state index contributed by atoms with van der Waals surface area (Å²) in [4.78, 5) is 18.2. The smallest absolute Gasteiger partial charge is 0.234 e. The molecule has 1 amide bonds. The summed E-state index contributed by atoms with van der Waals surface area (Å²) in [6.07, 6.45) is 2.89. The van der Waals surface area contributed by atoms with Gasteiger partial charge in [0.25, 0.3) is 0 Å². The molecule has 0 saturated carbocycles. The van der Waals surface area contributed by atoms with Crippen LogP contribution in [0.2, 0.25) is 0 Å². The monoisotopic (exact) mass is 620 g/mol. The van der Waals surface area contributed by atoms with Crippen molar-refractivity contribution in [3.8, 4) is 5.75 Å². The number of aryl methyl sites for hydroxylation is 1. The van der Waals surface area contributed by atoms with Crippen LogP contribution in [0.5, 0.6) is 5.75 Å². The number of carbonyl (C=O) groups is 1.